The van der Waals surface area contributed by atoms with Gasteiger partial charge in [-0.2, -0.15) is 0 Å². The first-order chi connectivity index (χ1) is 13.1. The number of pyridine rings is 1. The van der Waals surface area contributed by atoms with Crippen LogP contribution >= 0.6 is 24.8 Å². The van der Waals surface area contributed by atoms with Crippen LogP contribution in [0.15, 0.2) is 79.1 Å². The third kappa shape index (κ3) is 6.02. The maximum absolute atomic E-state index is 12.3. The summed E-state index contributed by atoms with van der Waals surface area (Å²) in [5.74, 6) is -1.46. The molecule has 0 spiro atoms. The molecule has 1 heterocycles. The first-order valence-electron chi connectivity index (χ1n) is 8.47. The second-order valence-corrected chi connectivity index (χ2v) is 6.13. The number of halogens is 2. The highest BCUT2D eigenvalue weighted by molar-refractivity contribution is 6.04. The van der Waals surface area contributed by atoms with Crippen molar-refractivity contribution in [3.63, 3.8) is 0 Å². The average molecular weight is 433 g/mol. The van der Waals surface area contributed by atoms with Crippen molar-refractivity contribution in [1.82, 2.24) is 4.98 Å². The van der Waals surface area contributed by atoms with Gasteiger partial charge in [0.2, 0.25) is 5.91 Å². The summed E-state index contributed by atoms with van der Waals surface area (Å²) in [4.78, 5) is 28.3. The van der Waals surface area contributed by atoms with E-state index in [1.165, 1.54) is 0 Å². The zero-order valence-electron chi connectivity index (χ0n) is 15.4. The second kappa shape index (κ2) is 11.2. The van der Waals surface area contributed by atoms with Crippen LogP contribution in [-0.4, -0.2) is 16.8 Å². The minimum Gasteiger partial charge on any atom is -0.369 e. The van der Waals surface area contributed by atoms with Gasteiger partial charge >= 0.3 is 0 Å². The quantitative estimate of drug-likeness (QED) is 0.553. The molecule has 2 atom stereocenters. The summed E-state index contributed by atoms with van der Waals surface area (Å²) in [7, 11) is 0. The first-order valence-corrected chi connectivity index (χ1v) is 8.47. The maximum atomic E-state index is 12.3. The monoisotopic (exact) mass is 432 g/mol. The van der Waals surface area contributed by atoms with Crippen molar-refractivity contribution in [3.05, 3.63) is 95.8 Å². The molecule has 0 radical (unpaired) electrons. The smallest absolute Gasteiger partial charge is 0.255 e. The number of carbonyl (C=O) groups is 2. The Kier molecular flexibility index (Phi) is 9.28. The van der Waals surface area contributed by atoms with Gasteiger partial charge in [0.25, 0.3) is 5.91 Å². The Morgan fingerprint density at radius 1 is 0.828 bits per heavy atom. The lowest BCUT2D eigenvalue weighted by Crippen LogP contribution is -2.31. The molecule has 0 aliphatic heterocycles. The molecule has 2 amide bonds. The number of carbonyl (C=O) groups excluding carboxylic acids is 2. The van der Waals surface area contributed by atoms with Gasteiger partial charge < -0.3 is 16.8 Å². The molecule has 1 unspecified atom stereocenters. The molecule has 0 bridgehead atoms. The van der Waals surface area contributed by atoms with Crippen LogP contribution in [0.1, 0.15) is 33.4 Å². The number of nitrogens with one attached hydrogen (secondary N) is 1. The number of aromatic nitrogens is 1. The molecule has 3 aromatic rings. The summed E-state index contributed by atoms with van der Waals surface area (Å²) in [5, 5.41) is 2.78. The standard InChI is InChI=1S/C21H20N4O2.2ClH/c22-19(15-4-2-1-3-5-15)18(20(23)26)14-6-8-16(9-7-14)21(27)25-17-10-12-24-13-11-17;;/h1-13,18-19H,22H2,(H2,23,26)(H,24,25,27);2*1H/t18-,19?;;/m0../s1. The molecule has 3 rings (SSSR count). The van der Waals surface area contributed by atoms with E-state index in [1.807, 2.05) is 30.3 Å². The van der Waals surface area contributed by atoms with Crippen LogP contribution in [0, 0.1) is 0 Å². The van der Waals surface area contributed by atoms with Crippen LogP contribution in [0.2, 0.25) is 0 Å². The normalized spacial score (nSPS) is 11.9. The fourth-order valence-electron chi connectivity index (χ4n) is 2.90. The van der Waals surface area contributed by atoms with Crippen molar-refractivity contribution in [2.75, 3.05) is 5.32 Å². The lowest BCUT2D eigenvalue weighted by molar-refractivity contribution is -0.119. The first kappa shape index (κ1) is 24.1. The fraction of sp³-hybridized carbons (Fsp3) is 0.0952. The molecule has 1 aromatic heterocycles. The van der Waals surface area contributed by atoms with Crippen LogP contribution in [0.5, 0.6) is 0 Å². The molecule has 8 heteroatoms. The van der Waals surface area contributed by atoms with E-state index in [1.54, 1.807) is 48.8 Å². The maximum Gasteiger partial charge on any atom is 0.255 e. The Balaban J connectivity index is 0.00000210. The van der Waals surface area contributed by atoms with Crippen molar-refractivity contribution in [2.24, 2.45) is 11.5 Å². The molecule has 152 valence electrons. The highest BCUT2D eigenvalue weighted by Gasteiger charge is 2.26. The molecular weight excluding hydrogens is 411 g/mol. The summed E-state index contributed by atoms with van der Waals surface area (Å²) in [6.07, 6.45) is 3.20. The molecule has 2 aromatic carbocycles. The molecule has 0 aliphatic carbocycles. The van der Waals surface area contributed by atoms with E-state index < -0.39 is 17.9 Å². The molecular formula is C21H22Cl2N4O2. The van der Waals surface area contributed by atoms with Gasteiger partial charge in [0.1, 0.15) is 0 Å². The Hall–Kier alpha value is -2.93. The zero-order chi connectivity index (χ0) is 19.2. The number of rotatable bonds is 6. The second-order valence-electron chi connectivity index (χ2n) is 6.13. The minimum atomic E-state index is -0.690. The number of primary amides is 1. The number of anilines is 1. The van der Waals surface area contributed by atoms with Gasteiger partial charge in [0.15, 0.2) is 0 Å². The van der Waals surface area contributed by atoms with Gasteiger partial charge in [0.05, 0.1) is 5.92 Å². The minimum absolute atomic E-state index is 0. The van der Waals surface area contributed by atoms with Crippen molar-refractivity contribution >= 4 is 42.3 Å². The Bertz CT molecular complexity index is 922. The summed E-state index contributed by atoms with van der Waals surface area (Å²) < 4.78 is 0. The molecule has 5 N–H and O–H groups in total. The number of nitrogens with zero attached hydrogens (tertiary/aromatic N) is 1. The van der Waals surface area contributed by atoms with E-state index in [4.69, 9.17) is 11.5 Å². The zero-order valence-corrected chi connectivity index (χ0v) is 17.0. The van der Waals surface area contributed by atoms with Crippen molar-refractivity contribution in [1.29, 1.82) is 0 Å². The van der Waals surface area contributed by atoms with Gasteiger partial charge in [0, 0.05) is 29.7 Å². The summed E-state index contributed by atoms with van der Waals surface area (Å²) >= 11 is 0. The Labute approximate surface area is 181 Å². The third-order valence-corrected chi connectivity index (χ3v) is 4.32. The topological polar surface area (TPSA) is 111 Å². The summed E-state index contributed by atoms with van der Waals surface area (Å²) in [5.41, 5.74) is 14.5. The molecule has 29 heavy (non-hydrogen) atoms. The highest BCUT2D eigenvalue weighted by atomic mass is 35.5. The van der Waals surface area contributed by atoms with E-state index in [-0.39, 0.29) is 30.7 Å². The SMILES string of the molecule is Cl.Cl.NC(=O)[C@@H](c1ccc(C(=O)Nc2ccncc2)cc1)C(N)c1ccccc1. The number of hydrogen-bond acceptors (Lipinski definition) is 4. The molecule has 0 aliphatic rings. The lowest BCUT2D eigenvalue weighted by atomic mass is 9.86. The summed E-state index contributed by atoms with van der Waals surface area (Å²) in [6, 6.07) is 18.9. The van der Waals surface area contributed by atoms with Gasteiger partial charge in [-0.05, 0) is 35.4 Å². The number of amides is 2. The number of benzene rings is 2. The van der Waals surface area contributed by atoms with E-state index in [9.17, 15) is 9.59 Å². The Morgan fingerprint density at radius 2 is 1.41 bits per heavy atom. The van der Waals surface area contributed by atoms with Crippen molar-refractivity contribution < 1.29 is 9.59 Å². The molecule has 0 saturated heterocycles. The largest absolute Gasteiger partial charge is 0.369 e. The van der Waals surface area contributed by atoms with Crippen LogP contribution in [0.4, 0.5) is 5.69 Å². The predicted octanol–water partition coefficient (Wildman–Crippen LogP) is 3.45. The fourth-order valence-corrected chi connectivity index (χ4v) is 2.90. The van der Waals surface area contributed by atoms with Gasteiger partial charge in [-0.25, -0.2) is 0 Å². The van der Waals surface area contributed by atoms with E-state index in [2.05, 4.69) is 10.3 Å². The van der Waals surface area contributed by atoms with Crippen LogP contribution < -0.4 is 16.8 Å². The molecule has 0 saturated carbocycles. The van der Waals surface area contributed by atoms with Gasteiger partial charge in [-0.15, -0.1) is 24.8 Å². The van der Waals surface area contributed by atoms with Gasteiger partial charge in [-0.1, -0.05) is 42.5 Å². The van der Waals surface area contributed by atoms with Gasteiger partial charge in [-0.3, -0.25) is 14.6 Å². The third-order valence-electron chi connectivity index (χ3n) is 4.32. The van der Waals surface area contributed by atoms with Crippen molar-refractivity contribution in [2.45, 2.75) is 12.0 Å². The predicted molar refractivity (Wildman–Crippen MR) is 118 cm³/mol. The van der Waals surface area contributed by atoms with Crippen LogP contribution in [0.25, 0.3) is 0 Å². The lowest BCUT2D eigenvalue weighted by Gasteiger charge is -2.22. The summed E-state index contributed by atoms with van der Waals surface area (Å²) in [6.45, 7) is 0. The number of hydrogen-bond donors (Lipinski definition) is 3. The molecule has 6 nitrogen and oxygen atoms in total. The van der Waals surface area contributed by atoms with E-state index >= 15 is 0 Å². The average Bonchev–Trinajstić information content (AvgIpc) is 2.70. The Morgan fingerprint density at radius 3 is 1.97 bits per heavy atom. The van der Waals surface area contributed by atoms with E-state index in [0.717, 1.165) is 5.56 Å². The van der Waals surface area contributed by atoms with Crippen LogP contribution in [0.3, 0.4) is 0 Å². The van der Waals surface area contributed by atoms with Crippen LogP contribution in [-0.2, 0) is 4.79 Å². The van der Waals surface area contributed by atoms with E-state index in [0.29, 0.717) is 16.8 Å². The number of nitrogens with two attached hydrogens (primary N) is 2. The van der Waals surface area contributed by atoms with Crippen molar-refractivity contribution in [3.8, 4) is 0 Å². The molecule has 0 fully saturated rings. The highest BCUT2D eigenvalue weighted by Crippen LogP contribution is 2.29.